The number of pyridine rings is 2. The number of halogens is 3. The summed E-state index contributed by atoms with van der Waals surface area (Å²) in [5.74, 6) is -0.651. The smallest absolute Gasteiger partial charge is 0.423 e. The van der Waals surface area contributed by atoms with Crippen molar-refractivity contribution in [3.05, 3.63) is 117 Å². The minimum Gasteiger partial charge on any atom is -0.423 e. The normalized spacial score (nSPS) is 13.7. The van der Waals surface area contributed by atoms with Gasteiger partial charge in [-0.05, 0) is 77.7 Å². The van der Waals surface area contributed by atoms with Crippen LogP contribution in [0.2, 0.25) is 0 Å². The van der Waals surface area contributed by atoms with Gasteiger partial charge in [-0.2, -0.15) is 13.2 Å². The lowest BCUT2D eigenvalue weighted by Gasteiger charge is -2.12. The number of aryl methyl sites for hydroxylation is 3. The zero-order valence-electron chi connectivity index (χ0n) is 24.8. The molecule has 0 fully saturated rings. The molecule has 2 aliphatic heterocycles. The Morgan fingerprint density at radius 3 is 1.91 bits per heavy atom. The summed E-state index contributed by atoms with van der Waals surface area (Å²) in [4.78, 5) is 32.4. The monoisotopic (exact) mass is 616 g/mol. The Labute approximate surface area is 258 Å². The molecule has 0 amide bonds. The summed E-state index contributed by atoms with van der Waals surface area (Å²) in [5, 5.41) is 19.4. The molecule has 2 aromatic carbocycles. The average Bonchev–Trinajstić information content (AvgIpc) is 3.55. The predicted molar refractivity (Wildman–Crippen MR) is 161 cm³/mol. The summed E-state index contributed by atoms with van der Waals surface area (Å²) in [6, 6.07) is 15.0. The van der Waals surface area contributed by atoms with Crippen LogP contribution < -0.4 is 10.9 Å². The number of rotatable bonds is 6. The van der Waals surface area contributed by atoms with E-state index in [4.69, 9.17) is 9.31 Å². The Balaban J connectivity index is 0.000000179. The summed E-state index contributed by atoms with van der Waals surface area (Å²) in [5.41, 5.74) is 5.60. The van der Waals surface area contributed by atoms with Gasteiger partial charge >= 0.3 is 20.4 Å². The Hall–Kier alpha value is -4.16. The fraction of sp³-hybridized carbons (Fsp3) is 0.250. The van der Waals surface area contributed by atoms with Crippen LogP contribution in [0.5, 0.6) is 0 Å². The van der Waals surface area contributed by atoms with Crippen molar-refractivity contribution < 1.29 is 42.1 Å². The highest BCUT2D eigenvalue weighted by molar-refractivity contribution is 6.62. The summed E-state index contributed by atoms with van der Waals surface area (Å²) in [7, 11) is -1.94. The molecule has 4 aromatic rings. The van der Waals surface area contributed by atoms with Gasteiger partial charge in [-0.15, -0.1) is 0 Å². The summed E-state index contributed by atoms with van der Waals surface area (Å²) in [6.07, 6.45) is -2.99. The van der Waals surface area contributed by atoms with Crippen LogP contribution in [0.1, 0.15) is 65.6 Å². The van der Waals surface area contributed by atoms with Gasteiger partial charge in [-0.1, -0.05) is 36.4 Å². The number of fused-ring (bicyclic) bond motifs is 2. The largest absolute Gasteiger partial charge is 0.491 e. The third-order valence-corrected chi connectivity index (χ3v) is 7.74. The lowest BCUT2D eigenvalue weighted by Crippen LogP contribution is -2.28. The Morgan fingerprint density at radius 1 is 0.822 bits per heavy atom. The van der Waals surface area contributed by atoms with E-state index in [1.165, 1.54) is 13.0 Å². The summed E-state index contributed by atoms with van der Waals surface area (Å²) >= 11 is 0. The predicted octanol–water partition coefficient (Wildman–Crippen LogP) is 3.39. The fourth-order valence-corrected chi connectivity index (χ4v) is 5.11. The minimum atomic E-state index is -4.70. The van der Waals surface area contributed by atoms with Crippen LogP contribution in [0.3, 0.4) is 0 Å². The van der Waals surface area contributed by atoms with Gasteiger partial charge in [-0.25, -0.2) is 4.98 Å². The molecule has 2 aliphatic rings. The Kier molecular flexibility index (Phi) is 9.36. The molecule has 0 radical (unpaired) electrons. The molecular weight excluding hydrogens is 587 g/mol. The van der Waals surface area contributed by atoms with Crippen LogP contribution in [0.25, 0.3) is 0 Å². The maximum absolute atomic E-state index is 13.1. The van der Waals surface area contributed by atoms with E-state index in [9.17, 15) is 32.8 Å². The molecule has 6 rings (SSSR count). The molecule has 0 unspecified atom stereocenters. The maximum atomic E-state index is 13.1. The number of aromatic nitrogens is 2. The topological polar surface area (TPSA) is 119 Å². The highest BCUT2D eigenvalue weighted by atomic mass is 19.4. The van der Waals surface area contributed by atoms with Gasteiger partial charge in [0, 0.05) is 41.6 Å². The first-order valence-electron chi connectivity index (χ1n) is 14.2. The number of carbonyl (C=O) groups excluding carboxylic acids is 2. The molecule has 230 valence electrons. The molecule has 45 heavy (non-hydrogen) atoms. The first-order valence-corrected chi connectivity index (χ1v) is 14.2. The minimum absolute atomic E-state index is 0.0268. The van der Waals surface area contributed by atoms with E-state index >= 15 is 0 Å². The molecule has 0 spiro atoms. The molecule has 0 aliphatic carbocycles. The van der Waals surface area contributed by atoms with Crippen LogP contribution >= 0.6 is 0 Å². The molecule has 4 heterocycles. The first kappa shape index (κ1) is 32.2. The number of nitrogens with zero attached hydrogens (tertiary/aromatic N) is 2. The van der Waals surface area contributed by atoms with Gasteiger partial charge in [0.2, 0.25) is 0 Å². The number of ketones is 2. The average molecular weight is 616 g/mol. The second-order valence-electron chi connectivity index (χ2n) is 11.1. The number of hydrogen-bond donors (Lipinski definition) is 2. The third kappa shape index (κ3) is 7.39. The number of Topliss-reactive ketones (excluding diaryl/α,β-unsaturated/α-hetero) is 2. The summed E-state index contributed by atoms with van der Waals surface area (Å²) in [6.45, 7) is 6.00. The van der Waals surface area contributed by atoms with E-state index in [1.54, 1.807) is 24.4 Å². The van der Waals surface area contributed by atoms with Gasteiger partial charge in [-0.3, -0.25) is 14.6 Å². The molecule has 13 heteroatoms. The van der Waals surface area contributed by atoms with Crippen molar-refractivity contribution in [2.75, 3.05) is 0 Å². The number of hydrogen-bond acceptors (Lipinski definition) is 8. The van der Waals surface area contributed by atoms with Crippen molar-refractivity contribution in [1.82, 2.24) is 9.97 Å². The van der Waals surface area contributed by atoms with Crippen molar-refractivity contribution in [2.45, 2.75) is 53.0 Å². The number of carbonyl (C=O) groups is 2. The van der Waals surface area contributed by atoms with E-state index < -0.39 is 37.5 Å². The Morgan fingerprint density at radius 2 is 1.38 bits per heavy atom. The van der Waals surface area contributed by atoms with E-state index in [2.05, 4.69) is 9.97 Å². The second-order valence-corrected chi connectivity index (χ2v) is 11.1. The molecule has 0 atom stereocenters. The van der Waals surface area contributed by atoms with E-state index in [-0.39, 0.29) is 24.5 Å². The maximum Gasteiger partial charge on any atom is 0.491 e. The first-order chi connectivity index (χ1) is 21.3. The van der Waals surface area contributed by atoms with E-state index in [0.717, 1.165) is 39.5 Å². The van der Waals surface area contributed by atoms with Crippen molar-refractivity contribution in [3.63, 3.8) is 0 Å². The fourth-order valence-electron chi connectivity index (χ4n) is 5.11. The van der Waals surface area contributed by atoms with E-state index in [1.807, 2.05) is 38.1 Å². The lowest BCUT2D eigenvalue weighted by atomic mass is 9.78. The molecule has 0 bridgehead atoms. The van der Waals surface area contributed by atoms with Crippen molar-refractivity contribution in [2.24, 2.45) is 0 Å². The van der Waals surface area contributed by atoms with Crippen molar-refractivity contribution >= 4 is 36.7 Å². The SMILES string of the molecule is Cc1cc(C(=O)Cc2ccc3c(c2)B(O)OC3)cnc1C.Cc1ccc(C(=O)Cc2ccc3c(c2)B(O)OC3)c(C(F)(F)F)n1. The summed E-state index contributed by atoms with van der Waals surface area (Å²) < 4.78 is 49.5. The molecule has 2 aromatic heterocycles. The van der Waals surface area contributed by atoms with Crippen LogP contribution in [0.15, 0.2) is 60.8 Å². The molecule has 8 nitrogen and oxygen atoms in total. The van der Waals surface area contributed by atoms with Gasteiger partial charge < -0.3 is 19.4 Å². The van der Waals surface area contributed by atoms with Gasteiger partial charge in [0.25, 0.3) is 0 Å². The van der Waals surface area contributed by atoms with Crippen molar-refractivity contribution in [3.8, 4) is 0 Å². The van der Waals surface area contributed by atoms with Crippen LogP contribution in [0.4, 0.5) is 13.2 Å². The zero-order chi connectivity index (χ0) is 32.5. The number of benzene rings is 2. The second kappa shape index (κ2) is 13.1. The highest BCUT2D eigenvalue weighted by Gasteiger charge is 2.37. The molecular formula is C32H29B2F3N2O6. The van der Waals surface area contributed by atoms with E-state index in [0.29, 0.717) is 29.6 Å². The van der Waals surface area contributed by atoms with Gasteiger partial charge in [0.1, 0.15) is 0 Å². The highest BCUT2D eigenvalue weighted by Crippen LogP contribution is 2.31. The standard InChI is InChI=1S/C16H13BF3NO3.C16H16BNO3/c1-9-2-5-12(15(21-9)16(18,19)20)14(22)7-10-3-4-11-8-24-17(23)13(11)6-10;1-10-5-14(8-18-11(10)2)16(19)7-12-3-4-13-9-21-17(20)15(13)6-12/h2-6,23H,7-8H2,1H3;3-6,8,20H,7,9H2,1-2H3. The molecule has 2 N–H and O–H groups in total. The number of alkyl halides is 3. The van der Waals surface area contributed by atoms with Crippen LogP contribution in [-0.4, -0.2) is 45.8 Å². The van der Waals surface area contributed by atoms with Gasteiger partial charge in [0.05, 0.1) is 13.2 Å². The quantitative estimate of drug-likeness (QED) is 0.250. The van der Waals surface area contributed by atoms with Crippen LogP contribution in [0, 0.1) is 20.8 Å². The third-order valence-electron chi connectivity index (χ3n) is 7.74. The van der Waals surface area contributed by atoms with Crippen molar-refractivity contribution in [1.29, 1.82) is 0 Å². The lowest BCUT2D eigenvalue weighted by molar-refractivity contribution is -0.141. The molecule has 0 saturated carbocycles. The van der Waals surface area contributed by atoms with Gasteiger partial charge in [0.15, 0.2) is 17.3 Å². The van der Waals surface area contributed by atoms with Crippen LogP contribution in [-0.2, 0) is 41.5 Å². The zero-order valence-corrected chi connectivity index (χ0v) is 24.8. The Bertz CT molecular complexity index is 1780. The molecule has 0 saturated heterocycles.